The second-order valence-electron chi connectivity index (χ2n) is 3.24. The predicted octanol–water partition coefficient (Wildman–Crippen LogP) is 1.19. The molecule has 0 bridgehead atoms. The number of hydrogen-bond acceptors (Lipinski definition) is 3. The van der Waals surface area contributed by atoms with Gasteiger partial charge >= 0.3 is 0 Å². The van der Waals surface area contributed by atoms with Crippen LogP contribution in [0.4, 0.5) is 0 Å². The second kappa shape index (κ2) is 3.22. The molecule has 0 radical (unpaired) electrons. The summed E-state index contributed by atoms with van der Waals surface area (Å²) in [4.78, 5) is 0.0422. The van der Waals surface area contributed by atoms with Crippen molar-refractivity contribution < 1.29 is 13.5 Å². The molecule has 0 unspecified atom stereocenters. The molecule has 0 aliphatic carbocycles. The van der Waals surface area contributed by atoms with Crippen molar-refractivity contribution in [3.8, 4) is 5.75 Å². The van der Waals surface area contributed by atoms with Crippen LogP contribution in [0.15, 0.2) is 41.3 Å². The molecule has 2 aromatic rings. The molecule has 0 amide bonds. The smallest absolute Gasteiger partial charge is 0.238 e. The molecule has 15 heavy (non-hydrogen) atoms. The van der Waals surface area contributed by atoms with Crippen molar-refractivity contribution in [3.05, 3.63) is 36.4 Å². The number of sulfonamides is 1. The summed E-state index contributed by atoms with van der Waals surface area (Å²) in [7, 11) is -3.69. The van der Waals surface area contributed by atoms with Crippen LogP contribution in [0.3, 0.4) is 0 Å². The van der Waals surface area contributed by atoms with E-state index >= 15 is 0 Å². The molecule has 0 spiro atoms. The summed E-state index contributed by atoms with van der Waals surface area (Å²) in [6.07, 6.45) is 0. The highest BCUT2D eigenvalue weighted by Gasteiger charge is 2.07. The molecule has 0 saturated carbocycles. The van der Waals surface area contributed by atoms with Crippen molar-refractivity contribution in [2.75, 3.05) is 0 Å². The Kier molecular flexibility index (Phi) is 2.13. The van der Waals surface area contributed by atoms with Gasteiger partial charge in [-0.3, -0.25) is 0 Å². The Hall–Kier alpha value is -1.59. The number of fused-ring (bicyclic) bond motifs is 1. The normalized spacial score (nSPS) is 11.8. The van der Waals surface area contributed by atoms with Crippen LogP contribution in [0.2, 0.25) is 0 Å². The van der Waals surface area contributed by atoms with E-state index in [0.29, 0.717) is 5.39 Å². The lowest BCUT2D eigenvalue weighted by atomic mass is 10.1. The van der Waals surface area contributed by atoms with E-state index in [1.165, 1.54) is 18.2 Å². The largest absolute Gasteiger partial charge is 0.508 e. The molecule has 4 nitrogen and oxygen atoms in total. The van der Waals surface area contributed by atoms with E-state index in [0.717, 1.165) is 5.39 Å². The molecule has 78 valence electrons. The fourth-order valence-corrected chi connectivity index (χ4v) is 1.94. The Morgan fingerprint density at radius 1 is 1.00 bits per heavy atom. The summed E-state index contributed by atoms with van der Waals surface area (Å²) in [6.45, 7) is 0. The van der Waals surface area contributed by atoms with Gasteiger partial charge in [0.15, 0.2) is 0 Å². The average Bonchev–Trinajstić information content (AvgIpc) is 2.15. The van der Waals surface area contributed by atoms with Gasteiger partial charge in [0.25, 0.3) is 0 Å². The molecule has 0 aromatic heterocycles. The number of rotatable bonds is 1. The van der Waals surface area contributed by atoms with Crippen LogP contribution in [-0.2, 0) is 10.0 Å². The lowest BCUT2D eigenvalue weighted by Crippen LogP contribution is -2.11. The molecule has 0 heterocycles. The first-order valence-electron chi connectivity index (χ1n) is 4.22. The van der Waals surface area contributed by atoms with Gasteiger partial charge in [-0.05, 0) is 35.0 Å². The third kappa shape index (κ3) is 1.93. The Labute approximate surface area is 87.0 Å². The predicted molar refractivity (Wildman–Crippen MR) is 57.0 cm³/mol. The van der Waals surface area contributed by atoms with E-state index in [2.05, 4.69) is 0 Å². The standard InChI is InChI=1S/C10H9NO3S/c11-15(13,14)10-4-2-7-1-3-9(12)5-8(7)6-10/h1-6,12H,(H2,11,13,14). The van der Waals surface area contributed by atoms with Crippen LogP contribution in [0, 0.1) is 0 Å². The molecule has 0 atom stereocenters. The molecule has 5 heteroatoms. The Balaban J connectivity index is 2.75. The average molecular weight is 223 g/mol. The number of phenolic OH excluding ortho intramolecular Hbond substituents is 1. The maximum absolute atomic E-state index is 11.1. The number of phenols is 1. The zero-order valence-corrected chi connectivity index (χ0v) is 8.53. The first-order valence-corrected chi connectivity index (χ1v) is 5.77. The highest BCUT2D eigenvalue weighted by molar-refractivity contribution is 7.89. The number of benzene rings is 2. The van der Waals surface area contributed by atoms with Gasteiger partial charge in [-0.2, -0.15) is 0 Å². The molecule has 0 aliphatic heterocycles. The van der Waals surface area contributed by atoms with E-state index < -0.39 is 10.0 Å². The summed E-state index contributed by atoms with van der Waals surface area (Å²) >= 11 is 0. The fraction of sp³-hybridized carbons (Fsp3) is 0. The van der Waals surface area contributed by atoms with Crippen molar-refractivity contribution in [1.82, 2.24) is 0 Å². The molecule has 0 aliphatic rings. The van der Waals surface area contributed by atoms with Gasteiger partial charge in [-0.25, -0.2) is 13.6 Å². The monoisotopic (exact) mass is 223 g/mol. The van der Waals surface area contributed by atoms with Gasteiger partial charge < -0.3 is 5.11 Å². The van der Waals surface area contributed by atoms with E-state index in [-0.39, 0.29) is 10.6 Å². The third-order valence-corrected chi connectivity index (χ3v) is 3.03. The summed E-state index contributed by atoms with van der Waals surface area (Å²) in [5.41, 5.74) is 0. The first-order chi connectivity index (χ1) is 6.97. The highest BCUT2D eigenvalue weighted by Crippen LogP contribution is 2.22. The summed E-state index contributed by atoms with van der Waals surface area (Å²) in [5.74, 6) is 0.0917. The summed E-state index contributed by atoms with van der Waals surface area (Å²) in [5, 5.41) is 15.7. The first kappa shape index (κ1) is 9.95. The molecule has 3 N–H and O–H groups in total. The Bertz CT molecular complexity index is 620. The van der Waals surface area contributed by atoms with Crippen LogP contribution in [0.5, 0.6) is 5.75 Å². The maximum Gasteiger partial charge on any atom is 0.238 e. The van der Waals surface area contributed by atoms with E-state index in [1.807, 2.05) is 0 Å². The SMILES string of the molecule is NS(=O)(=O)c1ccc2ccc(O)cc2c1. The minimum atomic E-state index is -3.69. The van der Waals surface area contributed by atoms with E-state index in [4.69, 9.17) is 5.14 Å². The summed E-state index contributed by atoms with van der Waals surface area (Å²) < 4.78 is 22.2. The molecule has 0 saturated heterocycles. The van der Waals surface area contributed by atoms with Gasteiger partial charge in [0.05, 0.1) is 4.90 Å². The minimum absolute atomic E-state index is 0.0422. The zero-order chi connectivity index (χ0) is 11.1. The van der Waals surface area contributed by atoms with Crippen LogP contribution >= 0.6 is 0 Å². The van der Waals surface area contributed by atoms with Gasteiger partial charge in [-0.1, -0.05) is 12.1 Å². The number of hydrogen-bond donors (Lipinski definition) is 2. The minimum Gasteiger partial charge on any atom is -0.508 e. The van der Waals surface area contributed by atoms with Crippen molar-refractivity contribution in [3.63, 3.8) is 0 Å². The van der Waals surface area contributed by atoms with Gasteiger partial charge in [0.1, 0.15) is 5.75 Å². The van der Waals surface area contributed by atoms with Crippen molar-refractivity contribution in [2.24, 2.45) is 5.14 Å². The van der Waals surface area contributed by atoms with Crippen LogP contribution in [-0.4, -0.2) is 13.5 Å². The van der Waals surface area contributed by atoms with E-state index in [9.17, 15) is 13.5 Å². The topological polar surface area (TPSA) is 80.4 Å². The van der Waals surface area contributed by atoms with Crippen molar-refractivity contribution >= 4 is 20.8 Å². The van der Waals surface area contributed by atoms with Crippen molar-refractivity contribution in [2.45, 2.75) is 4.90 Å². The van der Waals surface area contributed by atoms with Crippen LogP contribution in [0.1, 0.15) is 0 Å². The lowest BCUT2D eigenvalue weighted by molar-refractivity contribution is 0.476. The van der Waals surface area contributed by atoms with Crippen LogP contribution < -0.4 is 5.14 Å². The Morgan fingerprint density at radius 2 is 1.67 bits per heavy atom. The molecule has 0 fully saturated rings. The quantitative estimate of drug-likeness (QED) is 0.762. The second-order valence-corrected chi connectivity index (χ2v) is 4.80. The van der Waals surface area contributed by atoms with Crippen molar-refractivity contribution in [1.29, 1.82) is 0 Å². The molecule has 2 aromatic carbocycles. The molecular formula is C10H9NO3S. The van der Waals surface area contributed by atoms with Gasteiger partial charge in [-0.15, -0.1) is 0 Å². The van der Waals surface area contributed by atoms with Gasteiger partial charge in [0.2, 0.25) is 10.0 Å². The lowest BCUT2D eigenvalue weighted by Gasteiger charge is -2.01. The zero-order valence-electron chi connectivity index (χ0n) is 7.71. The molecular weight excluding hydrogens is 214 g/mol. The Morgan fingerprint density at radius 3 is 2.33 bits per heavy atom. The number of aromatic hydroxyl groups is 1. The fourth-order valence-electron chi connectivity index (χ4n) is 1.39. The van der Waals surface area contributed by atoms with Crippen LogP contribution in [0.25, 0.3) is 10.8 Å². The third-order valence-electron chi connectivity index (χ3n) is 2.12. The number of primary sulfonamides is 1. The molecule has 2 rings (SSSR count). The van der Waals surface area contributed by atoms with Gasteiger partial charge in [0, 0.05) is 0 Å². The summed E-state index contributed by atoms with van der Waals surface area (Å²) in [6, 6.07) is 9.26. The van der Waals surface area contributed by atoms with E-state index in [1.54, 1.807) is 18.2 Å². The maximum atomic E-state index is 11.1. The number of nitrogens with two attached hydrogens (primary N) is 1. The highest BCUT2D eigenvalue weighted by atomic mass is 32.2.